The van der Waals surface area contributed by atoms with Crippen LogP contribution in [0, 0.1) is 27.7 Å². The zero-order valence-electron chi connectivity index (χ0n) is 20.8. The Kier molecular flexibility index (Phi) is 6.86. The molecule has 0 saturated heterocycles. The van der Waals surface area contributed by atoms with Gasteiger partial charge < -0.3 is 19.2 Å². The topological polar surface area (TPSA) is 104 Å². The van der Waals surface area contributed by atoms with Crippen molar-refractivity contribution in [3.05, 3.63) is 70.4 Å². The number of aromatic nitrogens is 4. The molecule has 0 unspecified atom stereocenters. The second-order valence-electron chi connectivity index (χ2n) is 8.33. The number of anilines is 1. The summed E-state index contributed by atoms with van der Waals surface area (Å²) in [5.41, 5.74) is 5.24. The first-order valence-electron chi connectivity index (χ1n) is 11.4. The fourth-order valence-electron chi connectivity index (χ4n) is 3.87. The number of rotatable bonds is 8. The highest BCUT2D eigenvalue weighted by Gasteiger charge is 2.20. The van der Waals surface area contributed by atoms with Gasteiger partial charge in [0.15, 0.2) is 17.2 Å². The van der Waals surface area contributed by atoms with Crippen LogP contribution in [0.2, 0.25) is 0 Å². The molecule has 1 amide bonds. The molecule has 1 N–H and O–H groups in total. The fraction of sp³-hybridized carbons (Fsp3) is 0.308. The molecule has 4 rings (SSSR count). The number of aryl methyl sites for hydroxylation is 3. The van der Waals surface area contributed by atoms with Crippen LogP contribution in [0.15, 0.2) is 40.8 Å². The third-order valence-electron chi connectivity index (χ3n) is 5.58. The minimum atomic E-state index is -0.308. The molecular weight excluding hydrogens is 446 g/mol. The summed E-state index contributed by atoms with van der Waals surface area (Å²) >= 11 is 0. The molecule has 4 aromatic rings. The summed E-state index contributed by atoms with van der Waals surface area (Å²) in [5, 5.41) is 11.2. The van der Waals surface area contributed by atoms with Crippen LogP contribution in [0.1, 0.15) is 45.7 Å². The zero-order chi connectivity index (χ0) is 25.1. The van der Waals surface area contributed by atoms with E-state index in [4.69, 9.17) is 13.9 Å². The Morgan fingerprint density at radius 3 is 2.49 bits per heavy atom. The zero-order valence-corrected chi connectivity index (χ0v) is 20.8. The molecule has 182 valence electrons. The second kappa shape index (κ2) is 10.0. The highest BCUT2D eigenvalue weighted by Crippen LogP contribution is 2.33. The number of methoxy groups -OCH3 is 1. The third-order valence-corrected chi connectivity index (χ3v) is 5.58. The van der Waals surface area contributed by atoms with Gasteiger partial charge in [0.1, 0.15) is 11.5 Å². The first-order chi connectivity index (χ1) is 16.8. The Morgan fingerprint density at radius 2 is 1.80 bits per heavy atom. The van der Waals surface area contributed by atoms with E-state index >= 15 is 0 Å². The minimum absolute atomic E-state index is 0.266. The van der Waals surface area contributed by atoms with Gasteiger partial charge in [-0.05, 0) is 76.1 Å². The molecule has 2 aromatic heterocycles. The van der Waals surface area contributed by atoms with Crippen LogP contribution in [-0.4, -0.2) is 39.6 Å². The molecule has 0 saturated carbocycles. The number of nitrogens with zero attached hydrogens (tertiary/aromatic N) is 4. The van der Waals surface area contributed by atoms with Gasteiger partial charge in [0.25, 0.3) is 5.91 Å². The van der Waals surface area contributed by atoms with Crippen LogP contribution in [0.5, 0.6) is 11.5 Å². The van der Waals surface area contributed by atoms with Crippen LogP contribution < -0.4 is 14.8 Å². The van der Waals surface area contributed by atoms with Crippen LogP contribution in [0.3, 0.4) is 0 Å². The van der Waals surface area contributed by atoms with Gasteiger partial charge in [0, 0.05) is 11.3 Å². The monoisotopic (exact) mass is 475 g/mol. The fourth-order valence-corrected chi connectivity index (χ4v) is 3.87. The normalized spacial score (nSPS) is 10.9. The minimum Gasteiger partial charge on any atom is -0.493 e. The van der Waals surface area contributed by atoms with Crippen molar-refractivity contribution in [1.82, 2.24) is 20.0 Å². The van der Waals surface area contributed by atoms with Crippen molar-refractivity contribution in [2.45, 2.75) is 41.2 Å². The average molecular weight is 476 g/mol. The highest BCUT2D eigenvalue weighted by atomic mass is 16.5. The first kappa shape index (κ1) is 24.0. The van der Waals surface area contributed by atoms with Gasteiger partial charge in [-0.25, -0.2) is 9.67 Å². The Balaban J connectivity index is 1.53. The maximum Gasteiger partial charge on any atom is 0.278 e. The molecule has 2 aromatic carbocycles. The molecule has 0 radical (unpaired) electrons. The van der Waals surface area contributed by atoms with Crippen molar-refractivity contribution in [2.24, 2.45) is 0 Å². The first-order valence-corrected chi connectivity index (χ1v) is 11.4. The van der Waals surface area contributed by atoms with Crippen molar-refractivity contribution in [3.8, 4) is 23.0 Å². The smallest absolute Gasteiger partial charge is 0.278 e. The average Bonchev–Trinajstić information content (AvgIpc) is 3.36. The number of carbonyl (C=O) groups is 1. The predicted molar refractivity (Wildman–Crippen MR) is 132 cm³/mol. The maximum atomic E-state index is 12.8. The third kappa shape index (κ3) is 5.18. The number of ether oxygens (including phenoxy) is 2. The van der Waals surface area contributed by atoms with E-state index in [0.29, 0.717) is 47.7 Å². The summed E-state index contributed by atoms with van der Waals surface area (Å²) in [4.78, 5) is 17.5. The van der Waals surface area contributed by atoms with Crippen molar-refractivity contribution < 1.29 is 18.7 Å². The van der Waals surface area contributed by atoms with Crippen LogP contribution >= 0.6 is 0 Å². The second-order valence-corrected chi connectivity index (χ2v) is 8.33. The molecule has 35 heavy (non-hydrogen) atoms. The Hall–Kier alpha value is -4.14. The van der Waals surface area contributed by atoms with Gasteiger partial charge >= 0.3 is 0 Å². The molecule has 0 spiro atoms. The number of carbonyl (C=O) groups excluding carboxylic acids is 1. The van der Waals surface area contributed by atoms with Crippen molar-refractivity contribution in [3.63, 3.8) is 0 Å². The molecule has 0 atom stereocenters. The summed E-state index contributed by atoms with van der Waals surface area (Å²) in [6.45, 7) is 10.4. The van der Waals surface area contributed by atoms with E-state index in [1.54, 1.807) is 11.8 Å². The SMILES string of the molecule is CCOc1ccc(-c2nc(Cn3nnc(C(=O)Nc4cc(C)cc(C)c4)c3C)c(C)o2)cc1OC. The van der Waals surface area contributed by atoms with Gasteiger partial charge in [-0.15, -0.1) is 5.10 Å². The predicted octanol–water partition coefficient (Wildman–Crippen LogP) is 4.87. The molecule has 0 fully saturated rings. The summed E-state index contributed by atoms with van der Waals surface area (Å²) in [7, 11) is 1.59. The molecule has 9 nitrogen and oxygen atoms in total. The van der Waals surface area contributed by atoms with Gasteiger partial charge in [0.05, 0.1) is 26.0 Å². The molecule has 0 aliphatic carbocycles. The maximum absolute atomic E-state index is 12.8. The number of oxazole rings is 1. The number of hydrogen-bond donors (Lipinski definition) is 1. The molecule has 0 aliphatic rings. The molecule has 9 heteroatoms. The number of amides is 1. The summed E-state index contributed by atoms with van der Waals surface area (Å²) in [6, 6.07) is 11.4. The van der Waals surface area contributed by atoms with Gasteiger partial charge in [0.2, 0.25) is 5.89 Å². The van der Waals surface area contributed by atoms with E-state index in [9.17, 15) is 4.79 Å². The lowest BCUT2D eigenvalue weighted by atomic mass is 10.1. The van der Waals surface area contributed by atoms with Gasteiger partial charge in [-0.1, -0.05) is 11.3 Å². The quantitative estimate of drug-likeness (QED) is 0.387. The summed E-state index contributed by atoms with van der Waals surface area (Å²) in [6.07, 6.45) is 0. The molecule has 0 bridgehead atoms. The van der Waals surface area contributed by atoms with E-state index in [1.165, 1.54) is 0 Å². The molecule has 0 aliphatic heterocycles. The lowest BCUT2D eigenvalue weighted by molar-refractivity contribution is 0.102. The largest absolute Gasteiger partial charge is 0.493 e. The summed E-state index contributed by atoms with van der Waals surface area (Å²) in [5.74, 6) is 2.08. The van der Waals surface area contributed by atoms with E-state index in [-0.39, 0.29) is 11.6 Å². The van der Waals surface area contributed by atoms with Crippen molar-refractivity contribution in [2.75, 3.05) is 19.0 Å². The molecule has 2 heterocycles. The van der Waals surface area contributed by atoms with Gasteiger partial charge in [-0.2, -0.15) is 0 Å². The number of benzene rings is 2. The van der Waals surface area contributed by atoms with Crippen LogP contribution in [0.4, 0.5) is 5.69 Å². The Labute approximate surface area is 204 Å². The van der Waals surface area contributed by atoms with Crippen molar-refractivity contribution in [1.29, 1.82) is 0 Å². The van der Waals surface area contributed by atoms with Crippen LogP contribution in [-0.2, 0) is 6.54 Å². The van der Waals surface area contributed by atoms with E-state index in [0.717, 1.165) is 22.4 Å². The highest BCUT2D eigenvalue weighted by molar-refractivity contribution is 6.03. The molecular formula is C26H29N5O4. The van der Waals surface area contributed by atoms with E-state index < -0.39 is 0 Å². The van der Waals surface area contributed by atoms with Crippen LogP contribution in [0.25, 0.3) is 11.5 Å². The Morgan fingerprint density at radius 1 is 1.06 bits per heavy atom. The van der Waals surface area contributed by atoms with E-state index in [1.807, 2.05) is 65.0 Å². The number of hydrogen-bond acceptors (Lipinski definition) is 7. The summed E-state index contributed by atoms with van der Waals surface area (Å²) < 4.78 is 18.6. The lowest BCUT2D eigenvalue weighted by Crippen LogP contribution is -2.14. The van der Waals surface area contributed by atoms with E-state index in [2.05, 4.69) is 26.7 Å². The lowest BCUT2D eigenvalue weighted by Gasteiger charge is -2.09. The standard InChI is InChI=1S/C26H29N5O4/c1-7-34-22-9-8-19(13-23(22)33-6)26-28-21(18(5)35-26)14-31-17(4)24(29-30-31)25(32)27-20-11-15(2)10-16(3)12-20/h8-13H,7,14H2,1-6H3,(H,27,32). The van der Waals surface area contributed by atoms with Crippen molar-refractivity contribution >= 4 is 11.6 Å². The number of nitrogens with one attached hydrogen (secondary N) is 1. The van der Waals surface area contributed by atoms with Gasteiger partial charge in [-0.3, -0.25) is 4.79 Å². The Bertz CT molecular complexity index is 1350.